The van der Waals surface area contributed by atoms with Gasteiger partial charge in [0.15, 0.2) is 12.6 Å². The number of nitrogens with one attached hydrogen (secondary N) is 1. The second-order valence-electron chi connectivity index (χ2n) is 18.4. The van der Waals surface area contributed by atoms with Gasteiger partial charge in [0.2, 0.25) is 0 Å². The van der Waals surface area contributed by atoms with Crippen LogP contribution in [0.4, 0.5) is 9.59 Å². The molecule has 7 rings (SSSR count). The van der Waals surface area contributed by atoms with Gasteiger partial charge in [-0.2, -0.15) is 0 Å². The van der Waals surface area contributed by atoms with Crippen LogP contribution in [0.2, 0.25) is 0 Å². The number of hydrogen-bond acceptors (Lipinski definition) is 17. The van der Waals surface area contributed by atoms with Crippen LogP contribution in [0.3, 0.4) is 0 Å². The molecule has 3 aromatic rings. The molecule has 2 amide bonds. The summed E-state index contributed by atoms with van der Waals surface area (Å²) in [5, 5.41) is 65.6. The number of ether oxygens (including phenoxy) is 7. The van der Waals surface area contributed by atoms with E-state index in [0.717, 1.165) is 16.7 Å². The SMILES string of the molecule is C[C@H]1C[C@@H](N)[C@H](O)[C@@H](O[C@@H]2O[C@H](CO)[C@@H](O[C@H]3C[C@@H](CN=[N+]=[N-])[C@@H](O)[C@H](O)[C@H]3N=[N+]=[N-])[C@H]2O)[C@@H]1O[C@H]1O[C@H](CN(Cc2ccccc2)C(=O)OCc2ccccc2)CC[C@H]1NC(=O)OCc1ccccc1. The molecule has 23 nitrogen and oxygen atoms in total. The molecule has 0 radical (unpaired) electrons. The minimum atomic E-state index is -1.67. The van der Waals surface area contributed by atoms with Crippen LogP contribution in [0, 0.1) is 11.8 Å². The number of nitrogens with two attached hydrogens (primary N) is 1. The first-order chi connectivity index (χ1) is 34.4. The summed E-state index contributed by atoms with van der Waals surface area (Å²) in [6.45, 7) is 1.21. The van der Waals surface area contributed by atoms with E-state index in [4.69, 9.17) is 44.4 Å². The van der Waals surface area contributed by atoms with Crippen molar-refractivity contribution in [3.8, 4) is 0 Å². The molecule has 0 unspecified atom stereocenters. The highest BCUT2D eigenvalue weighted by atomic mass is 16.7. The molecule has 0 spiro atoms. The third kappa shape index (κ3) is 13.9. The molecular formula is C48H63N9O14. The molecule has 2 heterocycles. The summed E-state index contributed by atoms with van der Waals surface area (Å²) in [4.78, 5) is 34.3. The molecule has 0 bridgehead atoms. The van der Waals surface area contributed by atoms with Crippen LogP contribution in [0.25, 0.3) is 20.9 Å². The average molecular weight is 990 g/mol. The van der Waals surface area contributed by atoms with E-state index >= 15 is 0 Å². The number of benzene rings is 3. The minimum Gasteiger partial charge on any atom is -0.445 e. The maximum atomic E-state index is 13.8. The molecular weight excluding hydrogens is 927 g/mol. The Morgan fingerprint density at radius 3 is 2.03 bits per heavy atom. The molecule has 2 saturated heterocycles. The van der Waals surface area contributed by atoms with Crippen molar-refractivity contribution in [2.45, 2.75) is 144 Å². The van der Waals surface area contributed by atoms with Gasteiger partial charge < -0.3 is 74.6 Å². The van der Waals surface area contributed by atoms with Crippen molar-refractivity contribution in [2.24, 2.45) is 27.8 Å². The number of rotatable bonds is 19. The summed E-state index contributed by atoms with van der Waals surface area (Å²) in [6.07, 6.45) is -16.2. The highest BCUT2D eigenvalue weighted by molar-refractivity contribution is 5.68. The third-order valence-corrected chi connectivity index (χ3v) is 13.4. The fourth-order valence-electron chi connectivity index (χ4n) is 9.65. The van der Waals surface area contributed by atoms with E-state index in [1.165, 1.54) is 0 Å². The first-order valence-electron chi connectivity index (χ1n) is 23.7. The minimum absolute atomic E-state index is 0.0113. The van der Waals surface area contributed by atoms with E-state index in [0.29, 0.717) is 12.8 Å². The topological polar surface area (TPSA) is 339 Å². The second-order valence-corrected chi connectivity index (χ2v) is 18.4. The third-order valence-electron chi connectivity index (χ3n) is 13.4. The maximum Gasteiger partial charge on any atom is 0.410 e. The summed E-state index contributed by atoms with van der Waals surface area (Å²) in [5.41, 5.74) is 27.1. The van der Waals surface area contributed by atoms with E-state index < -0.39 is 122 Å². The predicted molar refractivity (Wildman–Crippen MR) is 250 cm³/mol. The van der Waals surface area contributed by atoms with Gasteiger partial charge in [0.25, 0.3) is 0 Å². The lowest BCUT2D eigenvalue weighted by atomic mass is 9.79. The number of nitrogens with zero attached hydrogens (tertiary/aromatic N) is 7. The van der Waals surface area contributed by atoms with Crippen LogP contribution in [0.15, 0.2) is 101 Å². The van der Waals surface area contributed by atoms with Gasteiger partial charge in [0, 0.05) is 29.0 Å². The molecule has 2 aliphatic carbocycles. The van der Waals surface area contributed by atoms with Gasteiger partial charge in [-0.05, 0) is 65.3 Å². The fourth-order valence-corrected chi connectivity index (χ4v) is 9.65. The predicted octanol–water partition coefficient (Wildman–Crippen LogP) is 3.69. The summed E-state index contributed by atoms with van der Waals surface area (Å²) < 4.78 is 43.4. The van der Waals surface area contributed by atoms with E-state index in [-0.39, 0.29) is 45.7 Å². The van der Waals surface area contributed by atoms with Gasteiger partial charge in [0.1, 0.15) is 37.6 Å². The van der Waals surface area contributed by atoms with Crippen LogP contribution < -0.4 is 11.1 Å². The van der Waals surface area contributed by atoms with Crippen LogP contribution >= 0.6 is 0 Å². The van der Waals surface area contributed by atoms with E-state index in [1.54, 1.807) is 4.90 Å². The highest BCUT2D eigenvalue weighted by Crippen LogP contribution is 2.38. The Balaban J connectivity index is 1.11. The fraction of sp³-hybridized carbons (Fsp3) is 0.583. The number of aliphatic hydroxyl groups excluding tert-OH is 5. The first-order valence-corrected chi connectivity index (χ1v) is 23.7. The van der Waals surface area contributed by atoms with Gasteiger partial charge >= 0.3 is 12.2 Å². The monoisotopic (exact) mass is 989 g/mol. The molecule has 23 heteroatoms. The first kappa shape index (κ1) is 53.2. The van der Waals surface area contributed by atoms with Gasteiger partial charge in [-0.1, -0.05) is 108 Å². The lowest BCUT2D eigenvalue weighted by Crippen LogP contribution is -2.62. The Morgan fingerprint density at radius 1 is 0.761 bits per heavy atom. The Bertz CT molecular complexity index is 2250. The summed E-state index contributed by atoms with van der Waals surface area (Å²) in [5.74, 6) is -1.26. The molecule has 2 saturated carbocycles. The molecule has 17 atom stereocenters. The zero-order valence-electron chi connectivity index (χ0n) is 39.2. The molecule has 4 fully saturated rings. The molecule has 4 aliphatic rings. The maximum absolute atomic E-state index is 13.8. The standard InChI is InChI=1S/C48H63N9O14/c1-27-19-33(49)39(60)44(71-46-41(62)43(36(24-58)69-46)68-35-20-31(21-52-55-50)38(59)40(61)37(35)54-56-51)42(27)70-45-34(53-47(63)65-25-29-13-7-3-8-14-29)18-17-32(67-45)23-57(22-28-11-5-2-6-12-28)48(64)66-26-30-15-9-4-10-16-30/h2-16,27,31-46,58-62H,17-26,49H2,1H3,(H,53,63)/t27-,31-,32-,33+,34+,35-,36+,37-,38+,39-,40+,41+,42+,43+,44+,45+,46-/m0/s1. The number of aliphatic hydroxyl groups is 5. The van der Waals surface area contributed by atoms with Crippen molar-refractivity contribution in [1.29, 1.82) is 0 Å². The molecule has 3 aromatic carbocycles. The van der Waals surface area contributed by atoms with Crippen LogP contribution in [0.5, 0.6) is 0 Å². The Labute approximate surface area is 409 Å². The molecule has 71 heavy (non-hydrogen) atoms. The van der Waals surface area contributed by atoms with Crippen LogP contribution in [0.1, 0.15) is 49.3 Å². The smallest absolute Gasteiger partial charge is 0.410 e. The number of carbonyl (C=O) groups excluding carboxylic acids is 2. The average Bonchev–Trinajstić information content (AvgIpc) is 3.68. The van der Waals surface area contributed by atoms with Crippen molar-refractivity contribution in [2.75, 3.05) is 19.7 Å². The summed E-state index contributed by atoms with van der Waals surface area (Å²) in [7, 11) is 0. The van der Waals surface area contributed by atoms with Crippen molar-refractivity contribution >= 4 is 12.2 Å². The lowest BCUT2D eigenvalue weighted by Gasteiger charge is -2.46. The van der Waals surface area contributed by atoms with Gasteiger partial charge in [-0.25, -0.2) is 9.59 Å². The quantitative estimate of drug-likeness (QED) is 0.0512. The zero-order valence-corrected chi connectivity index (χ0v) is 39.2. The molecule has 384 valence electrons. The number of alkyl carbamates (subject to hydrolysis) is 1. The number of amides is 2. The normalized spacial score (nSPS) is 33.7. The molecule has 8 N–H and O–H groups in total. The summed E-state index contributed by atoms with van der Waals surface area (Å²) in [6, 6.07) is 24.8. The number of carbonyl (C=O) groups is 2. The van der Waals surface area contributed by atoms with Gasteiger partial charge in [-0.15, -0.1) is 0 Å². The highest BCUT2D eigenvalue weighted by Gasteiger charge is 2.54. The van der Waals surface area contributed by atoms with Crippen molar-refractivity contribution in [3.05, 3.63) is 129 Å². The Hall–Kier alpha value is -5.62. The van der Waals surface area contributed by atoms with Crippen molar-refractivity contribution in [3.63, 3.8) is 0 Å². The number of azide groups is 2. The van der Waals surface area contributed by atoms with E-state index in [1.807, 2.05) is 97.9 Å². The largest absolute Gasteiger partial charge is 0.445 e. The molecule has 2 aliphatic heterocycles. The van der Waals surface area contributed by atoms with E-state index in [2.05, 4.69) is 25.4 Å². The second kappa shape index (κ2) is 25.7. The van der Waals surface area contributed by atoms with Crippen LogP contribution in [-0.4, -0.2) is 154 Å². The molecule has 0 aromatic heterocycles. The van der Waals surface area contributed by atoms with Gasteiger partial charge in [-0.3, -0.25) is 0 Å². The summed E-state index contributed by atoms with van der Waals surface area (Å²) >= 11 is 0. The Morgan fingerprint density at radius 2 is 1.39 bits per heavy atom. The van der Waals surface area contributed by atoms with E-state index in [9.17, 15) is 40.7 Å². The van der Waals surface area contributed by atoms with Gasteiger partial charge in [0.05, 0.1) is 61.9 Å². The van der Waals surface area contributed by atoms with Crippen molar-refractivity contribution < 1.29 is 68.3 Å². The van der Waals surface area contributed by atoms with Crippen LogP contribution in [-0.2, 0) is 52.9 Å². The zero-order chi connectivity index (χ0) is 50.4. The number of hydrogen-bond donors (Lipinski definition) is 7. The lowest BCUT2D eigenvalue weighted by molar-refractivity contribution is -0.295. The van der Waals surface area contributed by atoms with Crippen molar-refractivity contribution in [1.82, 2.24) is 10.2 Å². The Kier molecular flexibility index (Phi) is 19.2.